The van der Waals surface area contributed by atoms with Crippen molar-refractivity contribution >= 4 is 12.4 Å². The fourth-order valence-electron chi connectivity index (χ4n) is 2.49. The Labute approximate surface area is 112 Å². The first kappa shape index (κ1) is 17.2. The molecule has 1 fully saturated rings. The third-order valence-electron chi connectivity index (χ3n) is 3.45. The SMILES string of the molecule is CC(C)COCCN1CCCC(C)C1CN.Cl. The lowest BCUT2D eigenvalue weighted by molar-refractivity contribution is 0.0461. The predicted molar refractivity (Wildman–Crippen MR) is 75.7 cm³/mol. The van der Waals surface area contributed by atoms with E-state index >= 15 is 0 Å². The summed E-state index contributed by atoms with van der Waals surface area (Å²) in [6, 6.07) is 0.566. The average molecular weight is 265 g/mol. The molecule has 0 bridgehead atoms. The molecule has 0 spiro atoms. The zero-order valence-electron chi connectivity index (χ0n) is 11.5. The van der Waals surface area contributed by atoms with Crippen LogP contribution >= 0.6 is 12.4 Å². The molecule has 1 saturated heterocycles. The first-order chi connectivity index (χ1) is 7.65. The van der Waals surface area contributed by atoms with Gasteiger partial charge in [-0.05, 0) is 31.2 Å². The molecule has 0 saturated carbocycles. The van der Waals surface area contributed by atoms with Crippen molar-refractivity contribution in [1.29, 1.82) is 0 Å². The van der Waals surface area contributed by atoms with Crippen molar-refractivity contribution in [3.05, 3.63) is 0 Å². The molecule has 4 heteroatoms. The summed E-state index contributed by atoms with van der Waals surface area (Å²) in [5.74, 6) is 1.37. The molecule has 0 aromatic heterocycles. The Kier molecular flexibility index (Phi) is 9.24. The summed E-state index contributed by atoms with van der Waals surface area (Å²) in [4.78, 5) is 2.51. The van der Waals surface area contributed by atoms with Crippen LogP contribution in [0.25, 0.3) is 0 Å². The van der Waals surface area contributed by atoms with Gasteiger partial charge in [-0.25, -0.2) is 0 Å². The quantitative estimate of drug-likeness (QED) is 0.747. The first-order valence-corrected chi connectivity index (χ1v) is 6.67. The Morgan fingerprint density at radius 1 is 1.41 bits per heavy atom. The van der Waals surface area contributed by atoms with Crippen LogP contribution in [0.3, 0.4) is 0 Å². The lowest BCUT2D eigenvalue weighted by atomic mass is 9.91. The Hall–Kier alpha value is 0.170. The van der Waals surface area contributed by atoms with Crippen molar-refractivity contribution in [2.75, 3.05) is 32.8 Å². The fraction of sp³-hybridized carbons (Fsp3) is 1.00. The van der Waals surface area contributed by atoms with Gasteiger partial charge in [0.2, 0.25) is 0 Å². The van der Waals surface area contributed by atoms with E-state index in [1.165, 1.54) is 19.4 Å². The topological polar surface area (TPSA) is 38.5 Å². The normalized spacial score (nSPS) is 25.9. The van der Waals surface area contributed by atoms with Crippen molar-refractivity contribution in [2.45, 2.75) is 39.7 Å². The summed E-state index contributed by atoms with van der Waals surface area (Å²) in [5.41, 5.74) is 5.85. The van der Waals surface area contributed by atoms with E-state index in [0.717, 1.165) is 32.2 Å². The Bertz CT molecular complexity index is 190. The third kappa shape index (κ3) is 6.05. The molecule has 1 rings (SSSR count). The predicted octanol–water partition coefficient (Wildman–Crippen LogP) is 2.14. The van der Waals surface area contributed by atoms with Gasteiger partial charge in [0.1, 0.15) is 0 Å². The van der Waals surface area contributed by atoms with Crippen molar-refractivity contribution in [1.82, 2.24) is 4.90 Å². The number of hydrogen-bond acceptors (Lipinski definition) is 3. The molecule has 1 aliphatic rings. The molecular weight excluding hydrogens is 236 g/mol. The lowest BCUT2D eigenvalue weighted by Gasteiger charge is -2.39. The van der Waals surface area contributed by atoms with Gasteiger partial charge in [-0.3, -0.25) is 4.90 Å². The van der Waals surface area contributed by atoms with Crippen LogP contribution in [-0.4, -0.2) is 43.8 Å². The molecule has 1 aliphatic heterocycles. The number of piperidine rings is 1. The van der Waals surface area contributed by atoms with Gasteiger partial charge in [-0.2, -0.15) is 0 Å². The number of nitrogens with zero attached hydrogens (tertiary/aromatic N) is 1. The van der Waals surface area contributed by atoms with E-state index in [2.05, 4.69) is 25.7 Å². The minimum atomic E-state index is 0. The second-order valence-electron chi connectivity index (χ2n) is 5.43. The fourth-order valence-corrected chi connectivity index (χ4v) is 2.49. The molecule has 2 atom stereocenters. The van der Waals surface area contributed by atoms with E-state index in [1.807, 2.05) is 0 Å². The maximum absolute atomic E-state index is 5.85. The molecule has 0 amide bonds. The van der Waals surface area contributed by atoms with Crippen LogP contribution < -0.4 is 5.73 Å². The Balaban J connectivity index is 0.00000256. The van der Waals surface area contributed by atoms with E-state index in [9.17, 15) is 0 Å². The summed E-state index contributed by atoms with van der Waals surface area (Å²) in [5, 5.41) is 0. The standard InChI is InChI=1S/C13H28N2O.ClH/c1-11(2)10-16-8-7-15-6-4-5-12(3)13(15)9-14;/h11-13H,4-10,14H2,1-3H3;1H. The Morgan fingerprint density at radius 2 is 2.12 bits per heavy atom. The van der Waals surface area contributed by atoms with Gasteiger partial charge >= 0.3 is 0 Å². The second-order valence-corrected chi connectivity index (χ2v) is 5.43. The molecule has 1 heterocycles. The van der Waals surface area contributed by atoms with Crippen LogP contribution in [0.2, 0.25) is 0 Å². The summed E-state index contributed by atoms with van der Waals surface area (Å²) < 4.78 is 5.64. The number of rotatable bonds is 6. The highest BCUT2D eigenvalue weighted by molar-refractivity contribution is 5.85. The third-order valence-corrected chi connectivity index (χ3v) is 3.45. The van der Waals surface area contributed by atoms with Crippen LogP contribution in [0.15, 0.2) is 0 Å². The van der Waals surface area contributed by atoms with Crippen molar-refractivity contribution in [3.63, 3.8) is 0 Å². The van der Waals surface area contributed by atoms with Gasteiger partial charge in [0.15, 0.2) is 0 Å². The van der Waals surface area contributed by atoms with E-state index in [1.54, 1.807) is 0 Å². The number of nitrogens with two attached hydrogens (primary N) is 1. The molecule has 2 unspecified atom stereocenters. The van der Waals surface area contributed by atoms with Crippen LogP contribution in [0.4, 0.5) is 0 Å². The van der Waals surface area contributed by atoms with Crippen LogP contribution in [0, 0.1) is 11.8 Å². The van der Waals surface area contributed by atoms with E-state index in [0.29, 0.717) is 12.0 Å². The lowest BCUT2D eigenvalue weighted by Crippen LogP contribution is -2.49. The smallest absolute Gasteiger partial charge is 0.0593 e. The molecule has 3 nitrogen and oxygen atoms in total. The zero-order chi connectivity index (χ0) is 12.0. The maximum atomic E-state index is 5.85. The van der Waals surface area contributed by atoms with Gasteiger partial charge < -0.3 is 10.5 Å². The highest BCUT2D eigenvalue weighted by atomic mass is 35.5. The summed E-state index contributed by atoms with van der Waals surface area (Å²) in [6.45, 7) is 11.4. The number of likely N-dealkylation sites (tertiary alicyclic amines) is 1. The molecule has 0 aliphatic carbocycles. The summed E-state index contributed by atoms with van der Waals surface area (Å²) >= 11 is 0. The van der Waals surface area contributed by atoms with Gasteiger partial charge in [0.05, 0.1) is 6.61 Å². The Morgan fingerprint density at radius 3 is 2.71 bits per heavy atom. The second kappa shape index (κ2) is 9.15. The van der Waals surface area contributed by atoms with E-state index in [-0.39, 0.29) is 12.4 Å². The van der Waals surface area contributed by atoms with Crippen LogP contribution in [0.5, 0.6) is 0 Å². The molecular formula is C13H29ClN2O. The maximum Gasteiger partial charge on any atom is 0.0593 e. The summed E-state index contributed by atoms with van der Waals surface area (Å²) in [6.07, 6.45) is 2.63. The summed E-state index contributed by atoms with van der Waals surface area (Å²) in [7, 11) is 0. The highest BCUT2D eigenvalue weighted by Gasteiger charge is 2.26. The van der Waals surface area contributed by atoms with Crippen LogP contribution in [0.1, 0.15) is 33.6 Å². The number of ether oxygens (including phenoxy) is 1. The number of hydrogen-bond donors (Lipinski definition) is 1. The van der Waals surface area contributed by atoms with Gasteiger partial charge in [-0.15, -0.1) is 12.4 Å². The molecule has 0 aromatic carbocycles. The van der Waals surface area contributed by atoms with Crippen molar-refractivity contribution in [2.24, 2.45) is 17.6 Å². The molecule has 0 radical (unpaired) electrons. The van der Waals surface area contributed by atoms with Gasteiger partial charge in [-0.1, -0.05) is 20.8 Å². The molecule has 104 valence electrons. The first-order valence-electron chi connectivity index (χ1n) is 6.67. The average Bonchev–Trinajstić information content (AvgIpc) is 2.24. The van der Waals surface area contributed by atoms with E-state index < -0.39 is 0 Å². The molecule has 0 aromatic rings. The largest absolute Gasteiger partial charge is 0.380 e. The van der Waals surface area contributed by atoms with Gasteiger partial charge in [0, 0.05) is 25.7 Å². The van der Waals surface area contributed by atoms with E-state index in [4.69, 9.17) is 10.5 Å². The van der Waals surface area contributed by atoms with Crippen molar-refractivity contribution in [3.8, 4) is 0 Å². The van der Waals surface area contributed by atoms with Gasteiger partial charge in [0.25, 0.3) is 0 Å². The van der Waals surface area contributed by atoms with Crippen molar-refractivity contribution < 1.29 is 4.74 Å². The monoisotopic (exact) mass is 264 g/mol. The minimum Gasteiger partial charge on any atom is -0.380 e. The van der Waals surface area contributed by atoms with Crippen LogP contribution in [-0.2, 0) is 4.74 Å². The zero-order valence-corrected chi connectivity index (χ0v) is 12.3. The highest BCUT2D eigenvalue weighted by Crippen LogP contribution is 2.21. The molecule has 17 heavy (non-hydrogen) atoms. The molecule has 2 N–H and O–H groups in total. The minimum absolute atomic E-state index is 0. The number of halogens is 1.